The van der Waals surface area contributed by atoms with E-state index in [1.807, 2.05) is 6.92 Å². The highest BCUT2D eigenvalue weighted by Gasteiger charge is 2.14. The molecule has 0 amide bonds. The van der Waals surface area contributed by atoms with Gasteiger partial charge in [-0.1, -0.05) is 17.7 Å². The van der Waals surface area contributed by atoms with Crippen LogP contribution in [0.4, 0.5) is 0 Å². The lowest BCUT2D eigenvalue weighted by Crippen LogP contribution is -2.42. The third-order valence-corrected chi connectivity index (χ3v) is 6.19. The van der Waals surface area contributed by atoms with Gasteiger partial charge in [0.15, 0.2) is 5.96 Å². The second-order valence-corrected chi connectivity index (χ2v) is 8.89. The predicted octanol–water partition coefficient (Wildman–Crippen LogP) is 1.27. The molecule has 8 nitrogen and oxygen atoms in total. The normalized spacial score (nSPS) is 16.0. The first-order chi connectivity index (χ1) is 14.0. The molecule has 1 aromatic carbocycles. The topological polar surface area (TPSA) is 101 Å². The molecule has 0 aliphatic carbocycles. The number of hydrogen-bond acceptors (Lipinski definition) is 5. The molecule has 0 atom stereocenters. The molecule has 0 bridgehead atoms. The molecule has 0 saturated carbocycles. The summed E-state index contributed by atoms with van der Waals surface area (Å²) in [6, 6.07) is 6.78. The maximum Gasteiger partial charge on any atom is 0.240 e. The van der Waals surface area contributed by atoms with Gasteiger partial charge in [0.1, 0.15) is 0 Å². The third-order valence-electron chi connectivity index (χ3n) is 4.72. The first-order valence-electron chi connectivity index (χ1n) is 10.2. The number of sulfonamides is 1. The Bertz CT molecular complexity index is 717. The van der Waals surface area contributed by atoms with E-state index in [1.54, 1.807) is 31.3 Å². The minimum Gasteiger partial charge on any atom is -0.381 e. The first kappa shape index (κ1) is 23.6. The molecule has 29 heavy (non-hydrogen) atoms. The SMILES string of the molecule is CN=C(NCCCOCC1CCOCC1)NCCNS(=O)(=O)c1ccc(C)cc1. The van der Waals surface area contributed by atoms with E-state index in [-0.39, 0.29) is 11.4 Å². The van der Waals surface area contributed by atoms with Crippen LogP contribution in [0.15, 0.2) is 34.2 Å². The minimum atomic E-state index is -3.49. The summed E-state index contributed by atoms with van der Waals surface area (Å²) < 4.78 is 38.2. The third kappa shape index (κ3) is 9.12. The fourth-order valence-corrected chi connectivity index (χ4v) is 3.96. The minimum absolute atomic E-state index is 0.269. The zero-order valence-electron chi connectivity index (χ0n) is 17.4. The second kappa shape index (κ2) is 12.8. The van der Waals surface area contributed by atoms with Gasteiger partial charge in [-0.3, -0.25) is 4.99 Å². The Morgan fingerprint density at radius 3 is 2.52 bits per heavy atom. The van der Waals surface area contributed by atoms with Gasteiger partial charge < -0.3 is 20.1 Å². The smallest absolute Gasteiger partial charge is 0.240 e. The van der Waals surface area contributed by atoms with Crippen LogP contribution in [0.5, 0.6) is 0 Å². The number of benzene rings is 1. The summed E-state index contributed by atoms with van der Waals surface area (Å²) in [7, 11) is -1.81. The summed E-state index contributed by atoms with van der Waals surface area (Å²) in [5.74, 6) is 1.26. The van der Waals surface area contributed by atoms with Gasteiger partial charge in [-0.25, -0.2) is 13.1 Å². The second-order valence-electron chi connectivity index (χ2n) is 7.12. The Balaban J connectivity index is 1.54. The van der Waals surface area contributed by atoms with Crippen molar-refractivity contribution in [3.63, 3.8) is 0 Å². The largest absolute Gasteiger partial charge is 0.381 e. The molecule has 0 aromatic heterocycles. The van der Waals surface area contributed by atoms with E-state index >= 15 is 0 Å². The Morgan fingerprint density at radius 1 is 1.14 bits per heavy atom. The molecular formula is C20H34N4O4S. The fourth-order valence-electron chi connectivity index (χ4n) is 2.93. The summed E-state index contributed by atoms with van der Waals surface area (Å²) in [6.45, 7) is 6.57. The Morgan fingerprint density at radius 2 is 1.83 bits per heavy atom. The molecule has 164 valence electrons. The zero-order chi connectivity index (χ0) is 21.0. The molecule has 0 radical (unpaired) electrons. The molecule has 1 fully saturated rings. The van der Waals surface area contributed by atoms with Crippen LogP contribution < -0.4 is 15.4 Å². The first-order valence-corrected chi connectivity index (χ1v) is 11.7. The van der Waals surface area contributed by atoms with E-state index in [2.05, 4.69) is 20.3 Å². The number of guanidine groups is 1. The lowest BCUT2D eigenvalue weighted by atomic mass is 10.0. The average molecular weight is 427 g/mol. The summed E-state index contributed by atoms with van der Waals surface area (Å²) in [5.41, 5.74) is 1.02. The van der Waals surface area contributed by atoms with Crippen molar-refractivity contribution in [1.29, 1.82) is 0 Å². The van der Waals surface area contributed by atoms with Crippen molar-refractivity contribution in [3.05, 3.63) is 29.8 Å². The lowest BCUT2D eigenvalue weighted by Gasteiger charge is -2.21. The van der Waals surface area contributed by atoms with Gasteiger partial charge in [-0.2, -0.15) is 0 Å². The molecule has 1 aliphatic rings. The van der Waals surface area contributed by atoms with E-state index in [1.165, 1.54) is 0 Å². The van der Waals surface area contributed by atoms with Crippen LogP contribution >= 0.6 is 0 Å². The molecule has 1 aromatic rings. The van der Waals surface area contributed by atoms with E-state index in [9.17, 15) is 8.42 Å². The van der Waals surface area contributed by atoms with Crippen LogP contribution in [0.2, 0.25) is 0 Å². The molecule has 1 aliphatic heterocycles. The molecule has 2 rings (SSSR count). The Kier molecular flexibility index (Phi) is 10.4. The maximum absolute atomic E-state index is 12.2. The van der Waals surface area contributed by atoms with Gasteiger partial charge in [0, 0.05) is 53.1 Å². The molecule has 1 heterocycles. The van der Waals surface area contributed by atoms with Crippen LogP contribution in [0.1, 0.15) is 24.8 Å². The van der Waals surface area contributed by atoms with Gasteiger partial charge in [0.05, 0.1) is 4.90 Å². The van der Waals surface area contributed by atoms with E-state index in [0.717, 1.165) is 51.2 Å². The molecule has 1 saturated heterocycles. The molecule has 0 unspecified atom stereocenters. The summed E-state index contributed by atoms with van der Waals surface area (Å²) in [6.07, 6.45) is 3.05. The highest BCUT2D eigenvalue weighted by Crippen LogP contribution is 2.14. The number of rotatable bonds is 11. The summed E-state index contributed by atoms with van der Waals surface area (Å²) in [5, 5.41) is 6.31. The lowest BCUT2D eigenvalue weighted by molar-refractivity contribution is 0.0203. The number of aliphatic imine (C=N–C) groups is 1. The van der Waals surface area contributed by atoms with Crippen LogP contribution in [0.3, 0.4) is 0 Å². The quantitative estimate of drug-likeness (QED) is 0.280. The Labute approximate surface area is 174 Å². The summed E-state index contributed by atoms with van der Waals surface area (Å²) in [4.78, 5) is 4.41. The van der Waals surface area contributed by atoms with Crippen molar-refractivity contribution in [2.24, 2.45) is 10.9 Å². The number of ether oxygens (including phenoxy) is 2. The van der Waals surface area contributed by atoms with Crippen LogP contribution in [-0.2, 0) is 19.5 Å². The van der Waals surface area contributed by atoms with Gasteiger partial charge in [-0.15, -0.1) is 0 Å². The monoisotopic (exact) mass is 426 g/mol. The van der Waals surface area contributed by atoms with Crippen LogP contribution in [0.25, 0.3) is 0 Å². The maximum atomic E-state index is 12.2. The summed E-state index contributed by atoms with van der Waals surface area (Å²) >= 11 is 0. The van der Waals surface area contributed by atoms with Crippen molar-refractivity contribution < 1.29 is 17.9 Å². The van der Waals surface area contributed by atoms with Crippen molar-refractivity contribution in [2.45, 2.75) is 31.1 Å². The van der Waals surface area contributed by atoms with Crippen molar-refractivity contribution in [1.82, 2.24) is 15.4 Å². The van der Waals surface area contributed by atoms with Gasteiger partial charge in [0.25, 0.3) is 0 Å². The van der Waals surface area contributed by atoms with Crippen LogP contribution in [0, 0.1) is 12.8 Å². The predicted molar refractivity (Wildman–Crippen MR) is 115 cm³/mol. The van der Waals surface area contributed by atoms with Crippen LogP contribution in [-0.4, -0.2) is 67.5 Å². The number of aryl methyl sites for hydroxylation is 1. The number of nitrogens with one attached hydrogen (secondary N) is 3. The van der Waals surface area contributed by atoms with Gasteiger partial charge >= 0.3 is 0 Å². The standard InChI is InChI=1S/C20H34N4O4S/c1-17-4-6-19(7-5-17)29(25,26)24-12-11-23-20(21-2)22-10-3-13-28-16-18-8-14-27-15-9-18/h4-7,18,24H,3,8-16H2,1-2H3,(H2,21,22,23). The van der Waals surface area contributed by atoms with Gasteiger partial charge in [0.2, 0.25) is 10.0 Å². The van der Waals surface area contributed by atoms with Crippen molar-refractivity contribution >= 4 is 16.0 Å². The molecule has 9 heteroatoms. The van der Waals surface area contributed by atoms with E-state index in [0.29, 0.717) is 25.0 Å². The molecular weight excluding hydrogens is 392 g/mol. The van der Waals surface area contributed by atoms with E-state index < -0.39 is 10.0 Å². The van der Waals surface area contributed by atoms with E-state index in [4.69, 9.17) is 9.47 Å². The Hall–Kier alpha value is -1.68. The van der Waals surface area contributed by atoms with Gasteiger partial charge in [-0.05, 0) is 44.2 Å². The fraction of sp³-hybridized carbons (Fsp3) is 0.650. The highest BCUT2D eigenvalue weighted by atomic mass is 32.2. The molecule has 0 spiro atoms. The van der Waals surface area contributed by atoms with Crippen molar-refractivity contribution in [2.75, 3.05) is 53.1 Å². The van der Waals surface area contributed by atoms with Crippen molar-refractivity contribution in [3.8, 4) is 0 Å². The highest BCUT2D eigenvalue weighted by molar-refractivity contribution is 7.89. The molecule has 3 N–H and O–H groups in total. The number of nitrogens with zero attached hydrogens (tertiary/aromatic N) is 1. The average Bonchev–Trinajstić information content (AvgIpc) is 2.73. The zero-order valence-corrected chi connectivity index (χ0v) is 18.3. The number of hydrogen-bond donors (Lipinski definition) is 3.